The van der Waals surface area contributed by atoms with Crippen molar-refractivity contribution < 1.29 is 22.3 Å². The third-order valence-corrected chi connectivity index (χ3v) is 13.1. The highest BCUT2D eigenvalue weighted by Crippen LogP contribution is 2.42. The Bertz CT molecular complexity index is 1790. The van der Waals surface area contributed by atoms with E-state index in [-0.39, 0.29) is 29.7 Å². The van der Waals surface area contributed by atoms with Crippen LogP contribution in [0.25, 0.3) is 10.8 Å². The first-order chi connectivity index (χ1) is 23.3. The third kappa shape index (κ3) is 6.34. The number of nitrogens with zero attached hydrogens (tertiary/aromatic N) is 6. The summed E-state index contributed by atoms with van der Waals surface area (Å²) in [5.41, 5.74) is 2.06. The number of fused-ring (bicyclic) bond motifs is 1. The van der Waals surface area contributed by atoms with Crippen molar-refractivity contribution >= 4 is 49.8 Å². The van der Waals surface area contributed by atoms with E-state index in [1.807, 2.05) is 22.1 Å². The lowest BCUT2D eigenvalue weighted by Crippen LogP contribution is -2.46. The second-order valence-electron chi connectivity index (χ2n) is 13.5. The molecular weight excluding hydrogens is 633 g/mol. The number of alkyl halides is 1. The maximum absolute atomic E-state index is 14.6. The van der Waals surface area contributed by atoms with Crippen LogP contribution in [0, 0.1) is 5.92 Å². The predicted octanol–water partition coefficient (Wildman–Crippen LogP) is 4.97. The van der Waals surface area contributed by atoms with Gasteiger partial charge in [-0.15, -0.1) is 0 Å². The minimum atomic E-state index is -3.07. The molecule has 5 atom stereocenters. The lowest BCUT2D eigenvalue weighted by molar-refractivity contribution is -0.126. The number of benzene rings is 1. The molecule has 4 aliphatic heterocycles. The van der Waals surface area contributed by atoms with E-state index in [0.29, 0.717) is 49.4 Å². The van der Waals surface area contributed by atoms with Crippen LogP contribution in [-0.2, 0) is 19.4 Å². The maximum atomic E-state index is 14.6. The third-order valence-electron chi connectivity index (χ3n) is 10.7. The van der Waals surface area contributed by atoms with Gasteiger partial charge >= 0.3 is 0 Å². The standard InChI is InChI=1S/C35H44FN7O4S/c1-3-34(44)43-15-6-7-29(43)24-9-10-28(41-16-12-23(21-41)31-8-4-5-18-48(31,45)46)26-20-38-33(19-25(24)26)39-32-11-14-37-35(40-32)42-17-13-30(47-2)27(36)22-42/h3,9-11,14,19-20,23,27,29-31H,1,4-8,12-13,15-18,21-22H2,2H3,(H,37,38,39,40)/t23-,27-,29-,30+,31+/m0/s1. The average Bonchev–Trinajstić information content (AvgIpc) is 3.78. The smallest absolute Gasteiger partial charge is 0.246 e. The van der Waals surface area contributed by atoms with Crippen LogP contribution in [0.5, 0.6) is 0 Å². The Hall–Kier alpha value is -3.84. The number of anilines is 4. The molecule has 11 nitrogen and oxygen atoms in total. The monoisotopic (exact) mass is 677 g/mol. The van der Waals surface area contributed by atoms with E-state index in [1.165, 1.54) is 13.2 Å². The highest BCUT2D eigenvalue weighted by molar-refractivity contribution is 7.92. The number of amides is 1. The SMILES string of the molecule is C=CC(=O)N1CCC[C@H]1c1ccc(N2CC[C@H]([C@H]3CCCCS3(=O)=O)C2)c2cnc(Nc3ccnc(N4CC[C@@H](OC)[C@@H](F)C4)n3)cc12. The van der Waals surface area contributed by atoms with Gasteiger partial charge in [0.15, 0.2) is 9.84 Å². The Morgan fingerprint density at radius 2 is 1.85 bits per heavy atom. The molecule has 1 aromatic carbocycles. The first-order valence-corrected chi connectivity index (χ1v) is 18.8. The Kier molecular flexibility index (Phi) is 9.25. The molecule has 0 saturated carbocycles. The Labute approximate surface area is 281 Å². The fraction of sp³-hybridized carbons (Fsp3) is 0.543. The summed E-state index contributed by atoms with van der Waals surface area (Å²) in [6.45, 7) is 6.62. The summed E-state index contributed by atoms with van der Waals surface area (Å²) in [4.78, 5) is 32.8. The summed E-state index contributed by atoms with van der Waals surface area (Å²) in [6, 6.07) is 7.89. The van der Waals surface area contributed by atoms with Crippen molar-refractivity contribution in [3.63, 3.8) is 0 Å². The molecule has 7 rings (SSSR count). The molecule has 0 spiro atoms. The van der Waals surface area contributed by atoms with E-state index >= 15 is 0 Å². The minimum absolute atomic E-state index is 0.0863. The molecule has 0 radical (unpaired) electrons. The van der Waals surface area contributed by atoms with E-state index in [2.05, 4.69) is 38.9 Å². The van der Waals surface area contributed by atoms with Crippen LogP contribution in [0.2, 0.25) is 0 Å². The van der Waals surface area contributed by atoms with E-state index < -0.39 is 22.1 Å². The number of rotatable bonds is 8. The predicted molar refractivity (Wildman–Crippen MR) is 185 cm³/mol. The molecule has 0 aliphatic carbocycles. The van der Waals surface area contributed by atoms with Crippen molar-refractivity contribution in [2.75, 3.05) is 60.7 Å². The molecule has 4 aliphatic rings. The molecule has 4 saturated heterocycles. The van der Waals surface area contributed by atoms with Gasteiger partial charge in [0.25, 0.3) is 0 Å². The molecule has 256 valence electrons. The number of methoxy groups -OCH3 is 1. The van der Waals surface area contributed by atoms with Crippen LogP contribution in [0.4, 0.5) is 27.7 Å². The van der Waals surface area contributed by atoms with Crippen LogP contribution in [0.1, 0.15) is 56.6 Å². The average molecular weight is 678 g/mol. The van der Waals surface area contributed by atoms with Crippen LogP contribution >= 0.6 is 0 Å². The van der Waals surface area contributed by atoms with Crippen molar-refractivity contribution in [1.82, 2.24) is 19.9 Å². The summed E-state index contributed by atoms with van der Waals surface area (Å²) < 4.78 is 45.8. The number of hydrogen-bond donors (Lipinski definition) is 1. The van der Waals surface area contributed by atoms with Gasteiger partial charge in [0.1, 0.15) is 17.8 Å². The summed E-state index contributed by atoms with van der Waals surface area (Å²) in [5, 5.41) is 5.00. The van der Waals surface area contributed by atoms with Crippen molar-refractivity contribution in [2.24, 2.45) is 5.92 Å². The number of sulfone groups is 1. The van der Waals surface area contributed by atoms with Crippen molar-refractivity contribution in [3.8, 4) is 0 Å². The molecule has 3 aromatic rings. The number of pyridine rings is 1. The van der Waals surface area contributed by atoms with E-state index in [9.17, 15) is 17.6 Å². The first-order valence-electron chi connectivity index (χ1n) is 17.1. The minimum Gasteiger partial charge on any atom is -0.378 e. The van der Waals surface area contributed by atoms with Crippen LogP contribution < -0.4 is 15.1 Å². The zero-order chi connectivity index (χ0) is 33.4. The molecule has 1 N–H and O–H groups in total. The van der Waals surface area contributed by atoms with Gasteiger partial charge in [0, 0.05) is 56.8 Å². The van der Waals surface area contributed by atoms with Crippen LogP contribution in [-0.4, -0.2) is 97.3 Å². The largest absolute Gasteiger partial charge is 0.378 e. The van der Waals surface area contributed by atoms with Gasteiger partial charge in [-0.3, -0.25) is 4.79 Å². The van der Waals surface area contributed by atoms with Gasteiger partial charge < -0.3 is 24.8 Å². The molecule has 2 aromatic heterocycles. The van der Waals surface area contributed by atoms with Crippen LogP contribution in [0.3, 0.4) is 0 Å². The Morgan fingerprint density at radius 1 is 1.00 bits per heavy atom. The Morgan fingerprint density at radius 3 is 2.65 bits per heavy atom. The van der Waals surface area contributed by atoms with Gasteiger partial charge in [-0.1, -0.05) is 19.1 Å². The molecular formula is C35H44FN7O4S. The number of carbonyl (C=O) groups is 1. The van der Waals surface area contributed by atoms with Crippen LogP contribution in [0.15, 0.2) is 49.3 Å². The van der Waals surface area contributed by atoms with E-state index in [0.717, 1.165) is 67.1 Å². The second kappa shape index (κ2) is 13.6. The Balaban J connectivity index is 1.20. The summed E-state index contributed by atoms with van der Waals surface area (Å²) in [6.07, 6.45) is 8.95. The lowest BCUT2D eigenvalue weighted by atomic mass is 9.96. The number of piperidine rings is 1. The molecule has 48 heavy (non-hydrogen) atoms. The molecule has 0 unspecified atom stereocenters. The molecule has 6 heterocycles. The number of hydrogen-bond acceptors (Lipinski definition) is 10. The van der Waals surface area contributed by atoms with E-state index in [4.69, 9.17) is 9.72 Å². The number of aromatic nitrogens is 3. The summed E-state index contributed by atoms with van der Waals surface area (Å²) in [5.74, 6) is 1.87. The summed E-state index contributed by atoms with van der Waals surface area (Å²) in [7, 11) is -1.54. The molecule has 1 amide bonds. The van der Waals surface area contributed by atoms with Crippen molar-refractivity contribution in [2.45, 2.75) is 68.5 Å². The van der Waals surface area contributed by atoms with Crippen molar-refractivity contribution in [1.29, 1.82) is 0 Å². The van der Waals surface area contributed by atoms with Gasteiger partial charge in [-0.2, -0.15) is 4.98 Å². The second-order valence-corrected chi connectivity index (χ2v) is 15.8. The molecule has 13 heteroatoms. The normalized spacial score (nSPS) is 27.4. The van der Waals surface area contributed by atoms with Gasteiger partial charge in [0.2, 0.25) is 11.9 Å². The quantitative estimate of drug-likeness (QED) is 0.327. The van der Waals surface area contributed by atoms with Gasteiger partial charge in [0.05, 0.1) is 29.7 Å². The fourth-order valence-electron chi connectivity index (χ4n) is 8.20. The first kappa shape index (κ1) is 32.7. The number of likely N-dealkylation sites (tertiary alicyclic amines) is 1. The maximum Gasteiger partial charge on any atom is 0.246 e. The number of carbonyl (C=O) groups excluding carboxylic acids is 1. The number of halogens is 1. The zero-order valence-corrected chi connectivity index (χ0v) is 28.2. The number of nitrogens with one attached hydrogen (secondary N) is 1. The zero-order valence-electron chi connectivity index (χ0n) is 27.4. The topological polar surface area (TPSA) is 121 Å². The molecule has 0 bridgehead atoms. The van der Waals surface area contributed by atoms with E-state index in [1.54, 1.807) is 12.3 Å². The van der Waals surface area contributed by atoms with Crippen molar-refractivity contribution in [3.05, 3.63) is 54.9 Å². The number of ether oxygens (including phenoxy) is 1. The highest BCUT2D eigenvalue weighted by Gasteiger charge is 2.39. The highest BCUT2D eigenvalue weighted by atomic mass is 32.2. The van der Waals surface area contributed by atoms with Gasteiger partial charge in [-0.05, 0) is 79.7 Å². The van der Waals surface area contributed by atoms with Gasteiger partial charge in [-0.25, -0.2) is 22.8 Å². The lowest BCUT2D eigenvalue weighted by Gasteiger charge is -2.33. The summed E-state index contributed by atoms with van der Waals surface area (Å²) >= 11 is 0. The fourth-order valence-corrected chi connectivity index (χ4v) is 10.4. The molecule has 4 fully saturated rings.